The summed E-state index contributed by atoms with van der Waals surface area (Å²) in [5.74, 6) is 0.819. The van der Waals surface area contributed by atoms with Crippen molar-refractivity contribution in [3.05, 3.63) is 16.1 Å². The molecule has 1 saturated carbocycles. The lowest BCUT2D eigenvalue weighted by Gasteiger charge is -2.32. The van der Waals surface area contributed by atoms with E-state index in [9.17, 15) is 9.59 Å². The Morgan fingerprint density at radius 1 is 1.13 bits per heavy atom. The van der Waals surface area contributed by atoms with E-state index < -0.39 is 0 Å². The number of thiazole rings is 1. The van der Waals surface area contributed by atoms with Gasteiger partial charge in [0.25, 0.3) is 5.91 Å². The van der Waals surface area contributed by atoms with Gasteiger partial charge in [-0.1, -0.05) is 27.7 Å². The molecule has 0 spiro atoms. The van der Waals surface area contributed by atoms with Crippen LogP contribution in [0.1, 0.15) is 74.8 Å². The van der Waals surface area contributed by atoms with Crippen LogP contribution in [0.4, 0.5) is 0 Å². The van der Waals surface area contributed by atoms with Crippen molar-refractivity contribution in [3.8, 4) is 0 Å². The first-order valence-corrected chi connectivity index (χ1v) is 12.1. The Morgan fingerprint density at radius 3 is 2.40 bits per heavy atom. The molecular weight excluding hydrogens is 398 g/mol. The molecule has 3 fully saturated rings. The van der Waals surface area contributed by atoms with E-state index in [2.05, 4.69) is 32.6 Å². The summed E-state index contributed by atoms with van der Waals surface area (Å²) in [5.41, 5.74) is 0.738. The Morgan fingerprint density at radius 2 is 1.80 bits per heavy atom. The van der Waals surface area contributed by atoms with Crippen LogP contribution in [0.3, 0.4) is 0 Å². The first-order chi connectivity index (χ1) is 14.2. The third kappa shape index (κ3) is 3.58. The molecule has 1 aromatic rings. The van der Waals surface area contributed by atoms with E-state index in [0.29, 0.717) is 24.1 Å². The fourth-order valence-corrected chi connectivity index (χ4v) is 6.50. The van der Waals surface area contributed by atoms with Crippen molar-refractivity contribution in [2.45, 2.75) is 65.3 Å². The van der Waals surface area contributed by atoms with Crippen molar-refractivity contribution in [2.24, 2.45) is 16.7 Å². The molecule has 1 aromatic heterocycles. The Kier molecular flexibility index (Phi) is 5.73. The largest absolute Gasteiger partial charge is 0.383 e. The molecule has 7 heteroatoms. The first kappa shape index (κ1) is 21.8. The minimum absolute atomic E-state index is 0.0304. The predicted molar refractivity (Wildman–Crippen MR) is 118 cm³/mol. The number of rotatable bonds is 5. The number of piperidine rings is 1. The van der Waals surface area contributed by atoms with Gasteiger partial charge in [-0.3, -0.25) is 9.59 Å². The highest BCUT2D eigenvalue weighted by Crippen LogP contribution is 2.68. The van der Waals surface area contributed by atoms with Crippen LogP contribution in [0, 0.1) is 16.7 Å². The molecule has 2 amide bonds. The second kappa shape index (κ2) is 7.90. The fourth-order valence-electron chi connectivity index (χ4n) is 5.53. The first-order valence-electron chi connectivity index (χ1n) is 11.2. The molecule has 2 aliphatic heterocycles. The summed E-state index contributed by atoms with van der Waals surface area (Å²) < 4.78 is 5.27. The number of ether oxygens (including phenoxy) is 1. The highest BCUT2D eigenvalue weighted by atomic mass is 32.1. The molecular formula is C23H35N3O3S. The molecule has 166 valence electrons. The van der Waals surface area contributed by atoms with Gasteiger partial charge in [0, 0.05) is 44.0 Å². The summed E-state index contributed by atoms with van der Waals surface area (Å²) >= 11 is 1.59. The maximum atomic E-state index is 13.0. The Hall–Kier alpha value is -1.47. The fraction of sp³-hybridized carbons (Fsp3) is 0.783. The Labute approximate surface area is 184 Å². The molecule has 3 heterocycles. The second-order valence-corrected chi connectivity index (χ2v) is 11.2. The van der Waals surface area contributed by atoms with Gasteiger partial charge < -0.3 is 14.5 Å². The number of aromatic nitrogens is 1. The van der Waals surface area contributed by atoms with Crippen molar-refractivity contribution in [3.63, 3.8) is 0 Å². The van der Waals surface area contributed by atoms with Gasteiger partial charge in [-0.25, -0.2) is 4.98 Å². The zero-order valence-electron chi connectivity index (χ0n) is 18.9. The van der Waals surface area contributed by atoms with E-state index >= 15 is 0 Å². The second-order valence-electron chi connectivity index (χ2n) is 10.3. The van der Waals surface area contributed by atoms with E-state index in [1.54, 1.807) is 18.4 Å². The number of methoxy groups -OCH3 is 1. The molecule has 0 bridgehead atoms. The maximum Gasteiger partial charge on any atom is 0.273 e. The van der Waals surface area contributed by atoms with E-state index in [1.807, 2.05) is 10.3 Å². The number of carbonyl (C=O) groups excluding carboxylic acids is 2. The molecule has 4 rings (SSSR count). The molecule has 0 radical (unpaired) electrons. The van der Waals surface area contributed by atoms with E-state index in [0.717, 1.165) is 50.3 Å². The summed E-state index contributed by atoms with van der Waals surface area (Å²) in [6, 6.07) is 0.165. The average molecular weight is 434 g/mol. The summed E-state index contributed by atoms with van der Waals surface area (Å²) in [5, 5.41) is 2.95. The van der Waals surface area contributed by atoms with Crippen LogP contribution >= 0.6 is 11.3 Å². The number of nitrogens with zero attached hydrogens (tertiary/aromatic N) is 3. The molecule has 1 unspecified atom stereocenters. The van der Waals surface area contributed by atoms with Crippen LogP contribution in [-0.4, -0.2) is 66.0 Å². The lowest BCUT2D eigenvalue weighted by molar-refractivity contribution is -0.134. The van der Waals surface area contributed by atoms with Crippen LogP contribution in [0.2, 0.25) is 0 Å². The Balaban J connectivity index is 1.35. The normalized spacial score (nSPS) is 26.2. The maximum absolute atomic E-state index is 13.0. The lowest BCUT2D eigenvalue weighted by atomic mass is 9.96. The van der Waals surface area contributed by atoms with Crippen molar-refractivity contribution >= 4 is 23.2 Å². The van der Waals surface area contributed by atoms with Crippen LogP contribution in [0.5, 0.6) is 0 Å². The van der Waals surface area contributed by atoms with E-state index in [4.69, 9.17) is 9.72 Å². The molecule has 2 saturated heterocycles. The topological polar surface area (TPSA) is 62.7 Å². The lowest BCUT2D eigenvalue weighted by Crippen LogP contribution is -2.40. The van der Waals surface area contributed by atoms with Gasteiger partial charge in [0.15, 0.2) is 0 Å². The third-order valence-electron chi connectivity index (χ3n) is 8.16. The van der Waals surface area contributed by atoms with Crippen LogP contribution in [0.15, 0.2) is 5.38 Å². The molecule has 3 aliphatic rings. The summed E-state index contributed by atoms with van der Waals surface area (Å²) in [7, 11) is 1.68. The number of amides is 2. The Bertz CT molecular complexity index is 796. The van der Waals surface area contributed by atoms with Gasteiger partial charge in [-0.15, -0.1) is 11.3 Å². The minimum atomic E-state index is 0.0304. The van der Waals surface area contributed by atoms with Gasteiger partial charge in [0.05, 0.1) is 17.7 Å². The summed E-state index contributed by atoms with van der Waals surface area (Å²) in [6.07, 6.45) is 3.88. The van der Waals surface area contributed by atoms with Crippen LogP contribution < -0.4 is 0 Å². The number of hydrogen-bond acceptors (Lipinski definition) is 5. The van der Waals surface area contributed by atoms with Crippen LogP contribution in [-0.2, 0) is 9.53 Å². The number of carbonyl (C=O) groups is 2. The van der Waals surface area contributed by atoms with Crippen molar-refractivity contribution in [2.75, 3.05) is 33.4 Å². The highest BCUT2D eigenvalue weighted by Gasteiger charge is 2.68. The third-order valence-corrected chi connectivity index (χ3v) is 9.17. The molecule has 30 heavy (non-hydrogen) atoms. The summed E-state index contributed by atoms with van der Waals surface area (Å²) in [6.45, 7) is 11.8. The van der Waals surface area contributed by atoms with Crippen molar-refractivity contribution in [1.29, 1.82) is 0 Å². The molecule has 0 aromatic carbocycles. The van der Waals surface area contributed by atoms with Crippen molar-refractivity contribution < 1.29 is 14.3 Å². The zero-order valence-corrected chi connectivity index (χ0v) is 19.8. The standard InChI is InChI=1S/C23H35N3O3S/c1-22(2)18(23(22,3)4)21(28)25-11-8-15(9-12-25)19-24-17(14-30-19)20(27)26-10-6-7-16(26)13-29-5/h14-16,18H,6-13H2,1-5H3. The van der Waals surface area contributed by atoms with Gasteiger partial charge in [-0.05, 0) is 36.5 Å². The number of likely N-dealkylation sites (tertiary alicyclic amines) is 2. The molecule has 6 nitrogen and oxygen atoms in total. The quantitative estimate of drug-likeness (QED) is 0.709. The number of hydrogen-bond donors (Lipinski definition) is 0. The summed E-state index contributed by atoms with van der Waals surface area (Å²) in [4.78, 5) is 34.6. The van der Waals surface area contributed by atoms with Crippen LogP contribution in [0.25, 0.3) is 0 Å². The smallest absolute Gasteiger partial charge is 0.273 e. The molecule has 1 aliphatic carbocycles. The highest BCUT2D eigenvalue weighted by molar-refractivity contribution is 7.09. The van der Waals surface area contributed by atoms with Gasteiger partial charge in [-0.2, -0.15) is 0 Å². The predicted octanol–water partition coefficient (Wildman–Crippen LogP) is 3.78. The zero-order chi connectivity index (χ0) is 21.7. The van der Waals surface area contributed by atoms with E-state index in [1.165, 1.54) is 0 Å². The SMILES string of the molecule is COCC1CCCN1C(=O)c1csc(C2CCN(C(=O)C3C(C)(C)C3(C)C)CC2)n1. The van der Waals surface area contributed by atoms with Gasteiger partial charge >= 0.3 is 0 Å². The monoisotopic (exact) mass is 433 g/mol. The van der Waals surface area contributed by atoms with E-state index in [-0.39, 0.29) is 28.7 Å². The minimum Gasteiger partial charge on any atom is -0.383 e. The molecule has 0 N–H and O–H groups in total. The average Bonchev–Trinajstić information content (AvgIpc) is 3.20. The van der Waals surface area contributed by atoms with Gasteiger partial charge in [0.2, 0.25) is 5.91 Å². The van der Waals surface area contributed by atoms with Gasteiger partial charge in [0.1, 0.15) is 5.69 Å². The molecule has 1 atom stereocenters. The van der Waals surface area contributed by atoms with Crippen molar-refractivity contribution in [1.82, 2.24) is 14.8 Å².